The zero-order valence-corrected chi connectivity index (χ0v) is 18.0. The molecule has 3 aliphatic carbocycles. The highest BCUT2D eigenvalue weighted by Gasteiger charge is 2.45. The zero-order valence-electron chi connectivity index (χ0n) is 16.5. The van der Waals surface area contributed by atoms with Crippen molar-refractivity contribution in [2.45, 2.75) is 64.0 Å². The Balaban J connectivity index is 1.54. The van der Waals surface area contributed by atoms with Gasteiger partial charge in [-0.25, -0.2) is 4.39 Å². The van der Waals surface area contributed by atoms with Crippen molar-refractivity contribution in [3.63, 3.8) is 0 Å². The molecule has 0 saturated heterocycles. The first-order valence-corrected chi connectivity index (χ1v) is 11.3. The minimum absolute atomic E-state index is 0.0232. The maximum atomic E-state index is 14.8. The Kier molecular flexibility index (Phi) is 6.08. The van der Waals surface area contributed by atoms with Crippen molar-refractivity contribution in [1.82, 2.24) is 10.6 Å². The fraction of sp³-hybridized carbons (Fsp3) is 0.636. The molecule has 29 heavy (non-hydrogen) atoms. The SMILES string of the molecule is CC(=O)NC1CC[C@@H](C(=O)NC(c2c(F)ccc(Cl)c2Cl)C2CCC3CC3C2)C1. The van der Waals surface area contributed by atoms with Gasteiger partial charge < -0.3 is 10.6 Å². The van der Waals surface area contributed by atoms with Gasteiger partial charge in [0.1, 0.15) is 5.82 Å². The summed E-state index contributed by atoms with van der Waals surface area (Å²) in [4.78, 5) is 24.4. The molecular weight excluding hydrogens is 414 g/mol. The summed E-state index contributed by atoms with van der Waals surface area (Å²) in [7, 11) is 0. The second-order valence-corrected chi connectivity index (χ2v) is 9.76. The van der Waals surface area contributed by atoms with E-state index in [0.717, 1.165) is 31.6 Å². The lowest BCUT2D eigenvalue weighted by Gasteiger charge is -2.33. The van der Waals surface area contributed by atoms with E-state index in [1.165, 1.54) is 25.5 Å². The Morgan fingerprint density at radius 2 is 1.86 bits per heavy atom. The first-order valence-electron chi connectivity index (χ1n) is 10.5. The summed E-state index contributed by atoms with van der Waals surface area (Å²) in [6.45, 7) is 1.49. The highest BCUT2D eigenvalue weighted by Crippen LogP contribution is 2.54. The van der Waals surface area contributed by atoms with E-state index in [1.54, 1.807) is 0 Å². The molecule has 1 aromatic carbocycles. The van der Waals surface area contributed by atoms with Gasteiger partial charge in [-0.15, -0.1) is 0 Å². The number of halogens is 3. The van der Waals surface area contributed by atoms with Crippen molar-refractivity contribution < 1.29 is 14.0 Å². The summed E-state index contributed by atoms with van der Waals surface area (Å²) >= 11 is 12.6. The average Bonchev–Trinajstić information content (AvgIpc) is 3.31. The zero-order chi connectivity index (χ0) is 20.7. The number of rotatable bonds is 5. The van der Waals surface area contributed by atoms with Gasteiger partial charge in [0.15, 0.2) is 0 Å². The molecule has 5 unspecified atom stereocenters. The fourth-order valence-electron chi connectivity index (χ4n) is 5.35. The summed E-state index contributed by atoms with van der Waals surface area (Å²) in [6.07, 6.45) is 6.40. The van der Waals surface area contributed by atoms with Crippen LogP contribution in [0.5, 0.6) is 0 Å². The maximum Gasteiger partial charge on any atom is 0.223 e. The van der Waals surface area contributed by atoms with E-state index < -0.39 is 11.9 Å². The van der Waals surface area contributed by atoms with Gasteiger partial charge in [0.2, 0.25) is 11.8 Å². The predicted molar refractivity (Wildman–Crippen MR) is 111 cm³/mol. The van der Waals surface area contributed by atoms with E-state index in [-0.39, 0.29) is 34.7 Å². The third-order valence-corrected chi connectivity index (χ3v) is 7.77. The highest BCUT2D eigenvalue weighted by molar-refractivity contribution is 6.42. The second-order valence-electron chi connectivity index (χ2n) is 8.98. The Morgan fingerprint density at radius 3 is 2.59 bits per heavy atom. The molecule has 0 heterocycles. The quantitative estimate of drug-likeness (QED) is 0.630. The third-order valence-electron chi connectivity index (χ3n) is 6.95. The Morgan fingerprint density at radius 1 is 1.07 bits per heavy atom. The van der Waals surface area contributed by atoms with E-state index in [2.05, 4.69) is 10.6 Å². The van der Waals surface area contributed by atoms with E-state index in [1.807, 2.05) is 0 Å². The Labute approximate surface area is 180 Å². The van der Waals surface area contributed by atoms with Crippen molar-refractivity contribution in [2.75, 3.05) is 0 Å². The van der Waals surface area contributed by atoms with Crippen molar-refractivity contribution >= 4 is 35.0 Å². The van der Waals surface area contributed by atoms with Crippen LogP contribution in [-0.4, -0.2) is 17.9 Å². The first-order chi connectivity index (χ1) is 13.8. The fourth-order valence-corrected chi connectivity index (χ4v) is 5.79. The summed E-state index contributed by atoms with van der Waals surface area (Å²) in [6, 6.07) is 2.33. The number of hydrogen-bond acceptors (Lipinski definition) is 2. The molecule has 6 atom stereocenters. The topological polar surface area (TPSA) is 58.2 Å². The lowest BCUT2D eigenvalue weighted by atomic mass is 9.80. The average molecular weight is 441 g/mol. The van der Waals surface area contributed by atoms with Crippen molar-refractivity contribution in [3.05, 3.63) is 33.6 Å². The number of benzene rings is 1. The van der Waals surface area contributed by atoms with Gasteiger partial charge in [0.25, 0.3) is 0 Å². The van der Waals surface area contributed by atoms with E-state index in [4.69, 9.17) is 23.2 Å². The molecule has 2 N–H and O–H groups in total. The number of carbonyl (C=O) groups excluding carboxylic acids is 2. The highest BCUT2D eigenvalue weighted by atomic mass is 35.5. The Hall–Kier alpha value is -1.33. The van der Waals surface area contributed by atoms with Gasteiger partial charge in [-0.1, -0.05) is 23.2 Å². The van der Waals surface area contributed by atoms with Gasteiger partial charge in [0, 0.05) is 24.4 Å². The normalized spacial score (nSPS) is 31.7. The van der Waals surface area contributed by atoms with E-state index >= 15 is 0 Å². The maximum absolute atomic E-state index is 14.8. The van der Waals surface area contributed by atoms with Crippen LogP contribution >= 0.6 is 23.2 Å². The molecule has 3 aliphatic rings. The molecule has 0 aromatic heterocycles. The van der Waals surface area contributed by atoms with Gasteiger partial charge >= 0.3 is 0 Å². The number of fused-ring (bicyclic) bond motifs is 1. The monoisotopic (exact) mass is 440 g/mol. The molecule has 0 aliphatic heterocycles. The van der Waals surface area contributed by atoms with E-state index in [9.17, 15) is 14.0 Å². The van der Waals surface area contributed by atoms with Crippen LogP contribution in [0.1, 0.15) is 63.5 Å². The number of amides is 2. The van der Waals surface area contributed by atoms with Crippen LogP contribution in [0.25, 0.3) is 0 Å². The lowest BCUT2D eigenvalue weighted by molar-refractivity contribution is -0.126. The van der Waals surface area contributed by atoms with Crippen LogP contribution in [0.4, 0.5) is 4.39 Å². The van der Waals surface area contributed by atoms with Gasteiger partial charge in [-0.3, -0.25) is 9.59 Å². The van der Waals surface area contributed by atoms with Crippen LogP contribution in [0.15, 0.2) is 12.1 Å². The van der Waals surface area contributed by atoms with Gasteiger partial charge in [-0.05, 0) is 74.8 Å². The number of hydrogen-bond donors (Lipinski definition) is 2. The first kappa shape index (κ1) is 20.9. The molecular formula is C22H27Cl2FN2O2. The minimum Gasteiger partial charge on any atom is -0.354 e. The molecule has 0 bridgehead atoms. The van der Waals surface area contributed by atoms with Gasteiger partial charge in [0.05, 0.1) is 16.1 Å². The summed E-state index contributed by atoms with van der Waals surface area (Å²) < 4.78 is 14.8. The van der Waals surface area contributed by atoms with Gasteiger partial charge in [-0.2, -0.15) is 0 Å². The second kappa shape index (κ2) is 8.43. The number of nitrogens with one attached hydrogen (secondary N) is 2. The van der Waals surface area contributed by atoms with Crippen LogP contribution in [-0.2, 0) is 9.59 Å². The molecule has 3 fully saturated rings. The third kappa shape index (κ3) is 4.56. The van der Waals surface area contributed by atoms with E-state index in [0.29, 0.717) is 29.3 Å². The Bertz CT molecular complexity index is 818. The molecule has 4 rings (SSSR count). The molecule has 0 radical (unpaired) electrons. The molecule has 4 nitrogen and oxygen atoms in total. The van der Waals surface area contributed by atoms with Crippen LogP contribution in [0.3, 0.4) is 0 Å². The number of carbonyl (C=O) groups is 2. The molecule has 158 valence electrons. The standard InChI is InChI=1S/C22H27Cl2FN2O2/c1-11(28)26-16-5-4-14(10-16)22(29)27-21(13-3-2-12-8-15(12)9-13)19-18(25)7-6-17(23)20(19)24/h6-7,12-16,21H,2-5,8-10H2,1H3,(H,26,28)(H,27,29)/t12?,13?,14-,15?,16?,21?/m1/s1. The minimum atomic E-state index is -0.477. The molecule has 2 amide bonds. The van der Waals surface area contributed by atoms with Crippen molar-refractivity contribution in [1.29, 1.82) is 0 Å². The summed E-state index contributed by atoms with van der Waals surface area (Å²) in [5.41, 5.74) is 0.313. The molecule has 1 aromatic rings. The van der Waals surface area contributed by atoms with Crippen LogP contribution in [0, 0.1) is 29.5 Å². The van der Waals surface area contributed by atoms with Crippen LogP contribution < -0.4 is 10.6 Å². The molecule has 7 heteroatoms. The summed E-state index contributed by atoms with van der Waals surface area (Å²) in [5.74, 6) is 0.859. The predicted octanol–water partition coefficient (Wildman–Crippen LogP) is 5.03. The lowest BCUT2D eigenvalue weighted by Crippen LogP contribution is -2.39. The van der Waals surface area contributed by atoms with Crippen LogP contribution in [0.2, 0.25) is 10.0 Å². The molecule has 3 saturated carbocycles. The summed E-state index contributed by atoms with van der Waals surface area (Å²) in [5, 5.41) is 6.52. The molecule has 0 spiro atoms. The largest absolute Gasteiger partial charge is 0.354 e. The smallest absolute Gasteiger partial charge is 0.223 e. The van der Waals surface area contributed by atoms with Crippen molar-refractivity contribution in [3.8, 4) is 0 Å². The van der Waals surface area contributed by atoms with Crippen molar-refractivity contribution in [2.24, 2.45) is 23.7 Å².